The van der Waals surface area contributed by atoms with Crippen LogP contribution >= 0.6 is 11.6 Å². The lowest BCUT2D eigenvalue weighted by Gasteiger charge is -2.07. The van der Waals surface area contributed by atoms with E-state index in [0.29, 0.717) is 21.7 Å². The third-order valence-electron chi connectivity index (χ3n) is 3.71. The zero-order chi connectivity index (χ0) is 17.8. The van der Waals surface area contributed by atoms with Gasteiger partial charge in [-0.25, -0.2) is 5.43 Å². The molecule has 0 bridgehead atoms. The number of rotatable bonds is 4. The maximum Gasteiger partial charge on any atom is 0.275 e. The molecule has 126 valence electrons. The highest BCUT2D eigenvalue weighted by Crippen LogP contribution is 2.27. The van der Waals surface area contributed by atoms with Gasteiger partial charge < -0.3 is 9.84 Å². The van der Waals surface area contributed by atoms with Gasteiger partial charge in [-0.1, -0.05) is 41.9 Å². The van der Waals surface area contributed by atoms with Gasteiger partial charge in [0.15, 0.2) is 0 Å². The number of nitrogens with one attached hydrogen (secondary N) is 1. The maximum atomic E-state index is 12.2. The van der Waals surface area contributed by atoms with Gasteiger partial charge in [0, 0.05) is 16.0 Å². The van der Waals surface area contributed by atoms with E-state index in [1.807, 2.05) is 30.3 Å². The number of hydrogen-bond donors (Lipinski definition) is 2. The van der Waals surface area contributed by atoms with E-state index in [9.17, 15) is 9.90 Å². The predicted octanol–water partition coefficient (Wildman–Crippen LogP) is 3.97. The van der Waals surface area contributed by atoms with Crippen LogP contribution in [0.4, 0.5) is 0 Å². The monoisotopic (exact) mass is 354 g/mol. The molecule has 0 saturated heterocycles. The van der Waals surface area contributed by atoms with Gasteiger partial charge >= 0.3 is 0 Å². The number of phenols is 1. The molecule has 0 aliphatic carbocycles. The number of methoxy groups -OCH3 is 1. The number of fused-ring (bicyclic) bond motifs is 1. The lowest BCUT2D eigenvalue weighted by atomic mass is 10.1. The Morgan fingerprint density at radius 1 is 1.20 bits per heavy atom. The molecule has 3 rings (SSSR count). The van der Waals surface area contributed by atoms with Gasteiger partial charge in [-0.05, 0) is 29.7 Å². The third-order valence-corrected chi connectivity index (χ3v) is 3.94. The van der Waals surface area contributed by atoms with Crippen LogP contribution in [0.25, 0.3) is 10.8 Å². The van der Waals surface area contributed by atoms with E-state index in [1.165, 1.54) is 19.4 Å². The third kappa shape index (κ3) is 3.56. The second-order valence-corrected chi connectivity index (χ2v) is 5.70. The van der Waals surface area contributed by atoms with Crippen molar-refractivity contribution in [2.24, 2.45) is 5.10 Å². The number of hydrogen-bond acceptors (Lipinski definition) is 4. The summed E-state index contributed by atoms with van der Waals surface area (Å²) in [6.45, 7) is 0. The highest BCUT2D eigenvalue weighted by atomic mass is 35.5. The molecular weight excluding hydrogens is 340 g/mol. The average molecular weight is 355 g/mol. The predicted molar refractivity (Wildman–Crippen MR) is 98.7 cm³/mol. The first-order valence-electron chi connectivity index (χ1n) is 7.48. The van der Waals surface area contributed by atoms with Crippen LogP contribution in [0.3, 0.4) is 0 Å². The van der Waals surface area contributed by atoms with Crippen molar-refractivity contribution in [1.82, 2.24) is 5.43 Å². The molecule has 0 aliphatic rings. The van der Waals surface area contributed by atoms with E-state index in [2.05, 4.69) is 10.5 Å². The maximum absolute atomic E-state index is 12.2. The molecule has 0 radical (unpaired) electrons. The van der Waals surface area contributed by atoms with Crippen LogP contribution in [0.5, 0.6) is 11.5 Å². The number of hydrazone groups is 1. The number of amides is 1. The molecule has 0 saturated carbocycles. The van der Waals surface area contributed by atoms with Crippen molar-refractivity contribution in [2.75, 3.05) is 7.11 Å². The first-order chi connectivity index (χ1) is 12.1. The Morgan fingerprint density at radius 2 is 2.00 bits per heavy atom. The topological polar surface area (TPSA) is 70.9 Å². The molecule has 0 spiro atoms. The molecule has 5 nitrogen and oxygen atoms in total. The Labute approximate surface area is 149 Å². The van der Waals surface area contributed by atoms with Crippen LogP contribution in [-0.4, -0.2) is 24.3 Å². The fourth-order valence-corrected chi connectivity index (χ4v) is 2.63. The number of nitrogens with zero attached hydrogens (tertiary/aromatic N) is 1. The van der Waals surface area contributed by atoms with Crippen molar-refractivity contribution in [3.63, 3.8) is 0 Å². The molecule has 6 heteroatoms. The Hall–Kier alpha value is -3.05. The van der Waals surface area contributed by atoms with Crippen molar-refractivity contribution in [3.8, 4) is 11.5 Å². The summed E-state index contributed by atoms with van der Waals surface area (Å²) in [5.41, 5.74) is 3.18. The standard InChI is InChI=1S/C19H15ClN2O3/c1-25-17-9-8-14(20)10-16(17)19(24)22-21-11-13-7-6-12-4-2-3-5-15(12)18(13)23/h2-11,23H,1H3,(H,22,24). The summed E-state index contributed by atoms with van der Waals surface area (Å²) in [6.07, 6.45) is 1.39. The molecule has 2 N–H and O–H groups in total. The quantitative estimate of drug-likeness (QED) is 0.550. The molecule has 1 amide bonds. The number of ether oxygens (including phenoxy) is 1. The van der Waals surface area contributed by atoms with E-state index < -0.39 is 5.91 Å². The van der Waals surface area contributed by atoms with Crippen molar-refractivity contribution in [3.05, 3.63) is 70.7 Å². The largest absolute Gasteiger partial charge is 0.507 e. The van der Waals surface area contributed by atoms with E-state index >= 15 is 0 Å². The molecular formula is C19H15ClN2O3. The second kappa shape index (κ2) is 7.23. The molecule has 0 fully saturated rings. The highest BCUT2D eigenvalue weighted by molar-refractivity contribution is 6.31. The van der Waals surface area contributed by atoms with E-state index in [0.717, 1.165) is 5.39 Å². The van der Waals surface area contributed by atoms with Gasteiger partial charge in [0.1, 0.15) is 11.5 Å². The van der Waals surface area contributed by atoms with Crippen LogP contribution in [-0.2, 0) is 0 Å². The lowest BCUT2D eigenvalue weighted by Crippen LogP contribution is -2.18. The zero-order valence-corrected chi connectivity index (χ0v) is 14.1. The van der Waals surface area contributed by atoms with Crippen LogP contribution in [0, 0.1) is 0 Å². The Morgan fingerprint density at radius 3 is 2.80 bits per heavy atom. The minimum atomic E-state index is -0.462. The smallest absolute Gasteiger partial charge is 0.275 e. The summed E-state index contributed by atoms with van der Waals surface area (Å²) < 4.78 is 5.14. The molecule has 3 aromatic rings. The van der Waals surface area contributed by atoms with E-state index in [4.69, 9.17) is 16.3 Å². The lowest BCUT2D eigenvalue weighted by molar-refractivity contribution is 0.0952. The van der Waals surface area contributed by atoms with Crippen molar-refractivity contribution < 1.29 is 14.6 Å². The number of benzene rings is 3. The fourth-order valence-electron chi connectivity index (χ4n) is 2.45. The van der Waals surface area contributed by atoms with Crippen LogP contribution in [0.2, 0.25) is 5.02 Å². The summed E-state index contributed by atoms with van der Waals surface area (Å²) in [4.78, 5) is 12.2. The van der Waals surface area contributed by atoms with Crippen LogP contribution in [0.15, 0.2) is 59.7 Å². The Bertz CT molecular complexity index is 970. The summed E-state index contributed by atoms with van der Waals surface area (Å²) in [6, 6.07) is 15.8. The average Bonchev–Trinajstić information content (AvgIpc) is 2.63. The van der Waals surface area contributed by atoms with Crippen molar-refractivity contribution in [1.29, 1.82) is 0 Å². The number of aromatic hydroxyl groups is 1. The molecule has 0 unspecified atom stereocenters. The second-order valence-electron chi connectivity index (χ2n) is 5.27. The normalized spacial score (nSPS) is 11.0. The molecule has 25 heavy (non-hydrogen) atoms. The van der Waals surface area contributed by atoms with Gasteiger partial charge in [-0.3, -0.25) is 4.79 Å². The Kier molecular flexibility index (Phi) is 4.86. The highest BCUT2D eigenvalue weighted by Gasteiger charge is 2.12. The molecule has 0 heterocycles. The number of halogens is 1. The summed E-state index contributed by atoms with van der Waals surface area (Å²) in [7, 11) is 1.47. The zero-order valence-electron chi connectivity index (χ0n) is 13.4. The van der Waals surface area contributed by atoms with E-state index in [-0.39, 0.29) is 11.3 Å². The summed E-state index contributed by atoms with van der Waals surface area (Å²) in [5.74, 6) is 0.0398. The van der Waals surface area contributed by atoms with Gasteiger partial charge in [0.25, 0.3) is 5.91 Å². The van der Waals surface area contributed by atoms with Crippen LogP contribution in [0.1, 0.15) is 15.9 Å². The van der Waals surface area contributed by atoms with Gasteiger partial charge in [-0.15, -0.1) is 0 Å². The minimum absolute atomic E-state index is 0.108. The first-order valence-corrected chi connectivity index (χ1v) is 7.85. The van der Waals surface area contributed by atoms with E-state index in [1.54, 1.807) is 18.2 Å². The molecule has 0 aliphatic heterocycles. The van der Waals surface area contributed by atoms with Crippen molar-refractivity contribution in [2.45, 2.75) is 0 Å². The molecule has 3 aromatic carbocycles. The SMILES string of the molecule is COc1ccc(Cl)cc1C(=O)NN=Cc1ccc2ccccc2c1O. The summed E-state index contributed by atoms with van der Waals surface area (Å²) in [5, 5.41) is 16.3. The fraction of sp³-hybridized carbons (Fsp3) is 0.0526. The molecule has 0 atom stereocenters. The first kappa shape index (κ1) is 16.8. The summed E-state index contributed by atoms with van der Waals surface area (Å²) >= 11 is 5.92. The van der Waals surface area contributed by atoms with Crippen LogP contribution < -0.4 is 10.2 Å². The number of phenolic OH excluding ortho intramolecular Hbond substituents is 1. The molecule has 0 aromatic heterocycles. The van der Waals surface area contributed by atoms with Crippen molar-refractivity contribution >= 4 is 34.5 Å². The van der Waals surface area contributed by atoms with Gasteiger partial charge in [-0.2, -0.15) is 5.10 Å². The minimum Gasteiger partial charge on any atom is -0.507 e. The number of carbonyl (C=O) groups excluding carboxylic acids is 1. The number of carbonyl (C=O) groups is 1. The Balaban J connectivity index is 1.81. The van der Waals surface area contributed by atoms with Gasteiger partial charge in [0.05, 0.1) is 18.9 Å². The van der Waals surface area contributed by atoms with Gasteiger partial charge in [0.2, 0.25) is 0 Å².